The Morgan fingerprint density at radius 3 is 0.739 bits per heavy atom. The van der Waals surface area contributed by atoms with Crippen LogP contribution in [0.4, 0.5) is 0 Å². The van der Waals surface area contributed by atoms with Crippen LogP contribution in [-0.4, -0.2) is 37.5 Å². The summed E-state index contributed by atoms with van der Waals surface area (Å²) in [5, 5.41) is 0. The molecule has 23 heavy (non-hydrogen) atoms. The van der Waals surface area contributed by atoms with Gasteiger partial charge in [0, 0.05) is 17.6 Å². The summed E-state index contributed by atoms with van der Waals surface area (Å²) in [5.41, 5.74) is 0. The van der Waals surface area contributed by atoms with Crippen molar-refractivity contribution in [3.63, 3.8) is 0 Å². The third-order valence-corrected chi connectivity index (χ3v) is 2.46. The van der Waals surface area contributed by atoms with Crippen molar-refractivity contribution in [3.8, 4) is 0 Å². The molecule has 0 spiro atoms. The van der Waals surface area contributed by atoms with Crippen LogP contribution >= 0.6 is 60.6 Å². The van der Waals surface area contributed by atoms with Crippen molar-refractivity contribution in [2.24, 2.45) is 0 Å². The standard InChI is InChI=1S/3C2H4ClO3P.2Fe/c3*3-1-2-6-7(4)5;;/h3*1-2H2;;/q3*-2;2*+3. The van der Waals surface area contributed by atoms with Crippen LogP contribution in [0.25, 0.3) is 0 Å². The van der Waals surface area contributed by atoms with Gasteiger partial charge in [-0.05, 0) is 0 Å². The molecular formula is C6H12Cl3Fe2O9P3. The first-order chi connectivity index (χ1) is 9.81. The van der Waals surface area contributed by atoms with Gasteiger partial charge in [-0.3, -0.25) is 0 Å². The Morgan fingerprint density at radius 1 is 0.522 bits per heavy atom. The summed E-state index contributed by atoms with van der Waals surface area (Å²) in [5.74, 6) is 0.635. The minimum absolute atomic E-state index is 0. The second kappa shape index (κ2) is 32.5. The van der Waals surface area contributed by atoms with Gasteiger partial charge in [0.05, 0.1) is 19.8 Å². The van der Waals surface area contributed by atoms with Crippen LogP contribution in [0.2, 0.25) is 0 Å². The average molecular weight is 539 g/mol. The van der Waals surface area contributed by atoms with E-state index < -0.39 is 25.8 Å². The van der Waals surface area contributed by atoms with E-state index in [1.54, 1.807) is 0 Å². The topological polar surface area (TPSA) is 166 Å². The number of halogens is 3. The zero-order valence-corrected chi connectivity index (χ0v) is 18.3. The molecule has 0 aliphatic carbocycles. The van der Waals surface area contributed by atoms with Gasteiger partial charge in [-0.1, -0.05) is 0 Å². The van der Waals surface area contributed by atoms with E-state index in [4.69, 9.17) is 34.8 Å². The smallest absolute Gasteiger partial charge is 0.820 e. The van der Waals surface area contributed by atoms with Crippen LogP contribution in [0, 0.1) is 0 Å². The number of alkyl halides is 3. The molecule has 0 aliphatic heterocycles. The van der Waals surface area contributed by atoms with E-state index >= 15 is 0 Å². The van der Waals surface area contributed by atoms with Gasteiger partial charge in [-0.2, -0.15) is 25.8 Å². The zero-order valence-electron chi connectivity index (χ0n) is 11.1. The molecule has 0 fully saturated rings. The largest absolute Gasteiger partial charge is 3.00 e. The van der Waals surface area contributed by atoms with Gasteiger partial charge in [0.15, 0.2) is 0 Å². The summed E-state index contributed by atoms with van der Waals surface area (Å²) in [6.45, 7) is 0.209. The molecule has 0 heterocycles. The van der Waals surface area contributed by atoms with Gasteiger partial charge in [0.25, 0.3) is 0 Å². The van der Waals surface area contributed by atoms with Crippen molar-refractivity contribution in [2.75, 3.05) is 37.5 Å². The van der Waals surface area contributed by atoms with E-state index in [1.807, 2.05) is 0 Å². The van der Waals surface area contributed by atoms with Crippen molar-refractivity contribution in [1.29, 1.82) is 0 Å². The van der Waals surface area contributed by atoms with Gasteiger partial charge < -0.3 is 42.9 Å². The summed E-state index contributed by atoms with van der Waals surface area (Å²) in [6.07, 6.45) is 0. The number of hydrogen-bond acceptors (Lipinski definition) is 9. The van der Waals surface area contributed by atoms with E-state index in [0.29, 0.717) is 0 Å². The number of hydrogen-bond donors (Lipinski definition) is 0. The molecule has 0 aromatic carbocycles. The fourth-order valence-electron chi connectivity index (χ4n) is 0.327. The van der Waals surface area contributed by atoms with E-state index in [0.717, 1.165) is 0 Å². The SMILES string of the molecule is [Fe+3].[Fe+3].[O-]P([O-])OCCCl.[O-]P([O-])OCCCl.[O-]P([O-])OCCCl. The quantitative estimate of drug-likeness (QED) is 0.176. The van der Waals surface area contributed by atoms with Crippen molar-refractivity contribution in [1.82, 2.24) is 0 Å². The van der Waals surface area contributed by atoms with Crippen LogP contribution in [0.1, 0.15) is 0 Å². The molecule has 0 rings (SSSR count). The van der Waals surface area contributed by atoms with E-state index in [9.17, 15) is 29.4 Å². The number of rotatable bonds is 9. The molecule has 0 atom stereocenters. The van der Waals surface area contributed by atoms with Crippen LogP contribution in [0.5, 0.6) is 0 Å². The Labute approximate surface area is 174 Å². The Morgan fingerprint density at radius 2 is 0.696 bits per heavy atom. The predicted molar refractivity (Wildman–Crippen MR) is 70.8 cm³/mol. The fourth-order valence-corrected chi connectivity index (χ4v) is 1.60. The van der Waals surface area contributed by atoms with Gasteiger partial charge >= 0.3 is 34.1 Å². The first-order valence-electron chi connectivity index (χ1n) is 4.81. The molecule has 0 aliphatic rings. The molecule has 2 radical (unpaired) electrons. The maximum absolute atomic E-state index is 9.51. The van der Waals surface area contributed by atoms with Crippen LogP contribution < -0.4 is 29.4 Å². The van der Waals surface area contributed by atoms with E-state index in [-0.39, 0.29) is 71.6 Å². The second-order valence-electron chi connectivity index (χ2n) is 2.24. The van der Waals surface area contributed by atoms with Gasteiger partial charge in [0.1, 0.15) is 0 Å². The minimum atomic E-state index is -2.69. The third-order valence-electron chi connectivity index (χ3n) is 0.822. The molecule has 142 valence electrons. The molecule has 0 bridgehead atoms. The maximum atomic E-state index is 9.51. The summed E-state index contributed by atoms with van der Waals surface area (Å²) in [6, 6.07) is 0. The minimum Gasteiger partial charge on any atom is -0.820 e. The normalized spacial score (nSPS) is 9.39. The monoisotopic (exact) mass is 538 g/mol. The Kier molecular flexibility index (Phi) is 51.9. The molecule has 17 heteroatoms. The van der Waals surface area contributed by atoms with Gasteiger partial charge in [-0.25, -0.2) is 0 Å². The Hall–Kier alpha value is 2.84. The first-order valence-corrected chi connectivity index (χ1v) is 9.70. The molecule has 0 N–H and O–H groups in total. The molecule has 0 aromatic heterocycles. The van der Waals surface area contributed by atoms with Crippen molar-refractivity contribution in [2.45, 2.75) is 0 Å². The van der Waals surface area contributed by atoms with Gasteiger partial charge in [-0.15, -0.1) is 34.8 Å². The van der Waals surface area contributed by atoms with Crippen molar-refractivity contribution in [3.05, 3.63) is 0 Å². The molecular weight excluding hydrogens is 527 g/mol. The molecule has 0 aromatic rings. The van der Waals surface area contributed by atoms with Crippen molar-refractivity contribution < 1.29 is 77.1 Å². The molecule has 0 saturated heterocycles. The zero-order chi connectivity index (χ0) is 17.1. The van der Waals surface area contributed by atoms with Crippen LogP contribution in [0.3, 0.4) is 0 Å². The summed E-state index contributed by atoms with van der Waals surface area (Å²) in [4.78, 5) is 57.1. The molecule has 0 unspecified atom stereocenters. The fraction of sp³-hybridized carbons (Fsp3) is 1.00. The van der Waals surface area contributed by atoms with E-state index in [2.05, 4.69) is 13.6 Å². The van der Waals surface area contributed by atoms with Crippen LogP contribution in [-0.2, 0) is 47.7 Å². The first kappa shape index (κ1) is 36.7. The molecule has 9 nitrogen and oxygen atoms in total. The maximum Gasteiger partial charge on any atom is 3.00 e. The Balaban J connectivity index is -0.0000000675. The Bertz CT molecular complexity index is 164. The summed E-state index contributed by atoms with van der Waals surface area (Å²) in [7, 11) is -8.07. The molecule has 0 amide bonds. The second-order valence-corrected chi connectivity index (χ2v) is 5.49. The van der Waals surface area contributed by atoms with Crippen molar-refractivity contribution >= 4 is 60.6 Å². The molecule has 0 saturated carbocycles. The van der Waals surface area contributed by atoms with Gasteiger partial charge in [0.2, 0.25) is 0 Å². The predicted octanol–water partition coefficient (Wildman–Crippen LogP) is -2.44. The third kappa shape index (κ3) is 58.8. The van der Waals surface area contributed by atoms with Crippen LogP contribution in [0.15, 0.2) is 0 Å². The summed E-state index contributed by atoms with van der Waals surface area (Å²) < 4.78 is 12.0. The summed E-state index contributed by atoms with van der Waals surface area (Å²) >= 11 is 15.2. The van der Waals surface area contributed by atoms with E-state index in [1.165, 1.54) is 0 Å². The average Bonchev–Trinajstić information content (AvgIpc) is 2.41.